The third-order valence-electron chi connectivity index (χ3n) is 9.35. The van der Waals surface area contributed by atoms with Gasteiger partial charge < -0.3 is 20.2 Å². The van der Waals surface area contributed by atoms with Crippen molar-refractivity contribution < 1.29 is 19.6 Å². The Bertz CT molecular complexity index is 1170. The first-order valence-corrected chi connectivity index (χ1v) is 16.2. The van der Waals surface area contributed by atoms with Gasteiger partial charge in [-0.1, -0.05) is 73.9 Å². The monoisotopic (exact) mass is 604 g/mol. The van der Waals surface area contributed by atoms with Crippen LogP contribution in [0.1, 0.15) is 63.4 Å². The van der Waals surface area contributed by atoms with Gasteiger partial charge in [-0.25, -0.2) is 4.79 Å². The SMILES string of the molecule is C=CCN(C(=O)NCc1ccc([N+](=O)[O-])cc1)C1CCN(C[C@@H]2CCCC(C(CC3CC3)C(=O)O)C2)CC1.c1ccccc1. The van der Waals surface area contributed by atoms with E-state index >= 15 is 0 Å². The van der Waals surface area contributed by atoms with E-state index in [0.717, 1.165) is 63.7 Å². The summed E-state index contributed by atoms with van der Waals surface area (Å²) >= 11 is 0. The number of nitrogens with zero attached hydrogens (tertiary/aromatic N) is 3. The molecule has 2 aliphatic carbocycles. The molecule has 3 atom stereocenters. The fourth-order valence-corrected chi connectivity index (χ4v) is 6.79. The first-order chi connectivity index (χ1) is 21.3. The van der Waals surface area contributed by atoms with E-state index in [0.29, 0.717) is 30.8 Å². The summed E-state index contributed by atoms with van der Waals surface area (Å²) in [7, 11) is 0. The van der Waals surface area contributed by atoms with Crippen molar-refractivity contribution in [3.05, 3.63) is 89.0 Å². The first kappa shape index (κ1) is 33.2. The summed E-state index contributed by atoms with van der Waals surface area (Å²) in [4.78, 5) is 39.7. The number of hydrogen-bond acceptors (Lipinski definition) is 5. The number of non-ortho nitro benzene ring substituents is 1. The summed E-state index contributed by atoms with van der Waals surface area (Å²) < 4.78 is 0. The Hall–Kier alpha value is -3.72. The summed E-state index contributed by atoms with van der Waals surface area (Å²) in [5, 5.41) is 23.6. The van der Waals surface area contributed by atoms with Gasteiger partial charge in [-0.15, -0.1) is 6.58 Å². The average molecular weight is 605 g/mol. The molecule has 9 nitrogen and oxygen atoms in total. The smallest absolute Gasteiger partial charge is 0.318 e. The van der Waals surface area contributed by atoms with E-state index < -0.39 is 10.9 Å². The van der Waals surface area contributed by atoms with Crippen LogP contribution in [0.2, 0.25) is 0 Å². The number of urea groups is 1. The van der Waals surface area contributed by atoms with Crippen molar-refractivity contribution in [3.63, 3.8) is 0 Å². The topological polar surface area (TPSA) is 116 Å². The zero-order valence-electron chi connectivity index (χ0n) is 25.8. The number of carbonyl (C=O) groups excluding carboxylic acids is 1. The minimum absolute atomic E-state index is 0.0313. The van der Waals surface area contributed by atoms with Gasteiger partial charge in [0.1, 0.15) is 0 Å². The molecule has 2 aromatic rings. The molecule has 3 aliphatic rings. The van der Waals surface area contributed by atoms with Gasteiger partial charge in [0.25, 0.3) is 5.69 Å². The van der Waals surface area contributed by atoms with E-state index in [2.05, 4.69) is 16.8 Å². The maximum Gasteiger partial charge on any atom is 0.318 e. The molecule has 2 aromatic carbocycles. The molecule has 2 N–H and O–H groups in total. The molecule has 238 valence electrons. The zero-order chi connectivity index (χ0) is 31.3. The lowest BCUT2D eigenvalue weighted by atomic mass is 9.73. The number of hydrogen-bond donors (Lipinski definition) is 2. The molecule has 2 unspecified atom stereocenters. The highest BCUT2D eigenvalue weighted by atomic mass is 16.6. The summed E-state index contributed by atoms with van der Waals surface area (Å²) in [6.45, 7) is 7.49. The molecule has 1 heterocycles. The van der Waals surface area contributed by atoms with Crippen molar-refractivity contribution >= 4 is 17.7 Å². The molecule has 5 rings (SSSR count). The summed E-state index contributed by atoms with van der Waals surface area (Å²) in [6, 6.07) is 18.2. The maximum atomic E-state index is 13.0. The Labute approximate surface area is 261 Å². The van der Waals surface area contributed by atoms with Gasteiger partial charge in [0, 0.05) is 50.9 Å². The molecular weight excluding hydrogens is 556 g/mol. The number of likely N-dealkylation sites (tertiary alicyclic amines) is 1. The van der Waals surface area contributed by atoms with Crippen LogP contribution < -0.4 is 5.32 Å². The predicted octanol–water partition coefficient (Wildman–Crippen LogP) is 6.75. The normalized spacial score (nSPS) is 21.3. The lowest BCUT2D eigenvalue weighted by molar-refractivity contribution is -0.384. The molecule has 0 bridgehead atoms. The van der Waals surface area contributed by atoms with Crippen molar-refractivity contribution in [3.8, 4) is 0 Å². The van der Waals surface area contributed by atoms with Crippen molar-refractivity contribution in [2.75, 3.05) is 26.2 Å². The Morgan fingerprint density at radius 3 is 2.18 bits per heavy atom. The van der Waals surface area contributed by atoms with E-state index in [1.807, 2.05) is 41.3 Å². The fourth-order valence-electron chi connectivity index (χ4n) is 6.79. The molecule has 9 heteroatoms. The van der Waals surface area contributed by atoms with Gasteiger partial charge in [-0.2, -0.15) is 0 Å². The number of nitrogens with one attached hydrogen (secondary N) is 1. The van der Waals surface area contributed by atoms with Gasteiger partial charge in [-0.05, 0) is 61.8 Å². The summed E-state index contributed by atoms with van der Waals surface area (Å²) in [6.07, 6.45) is 11.2. The second-order valence-corrected chi connectivity index (χ2v) is 12.6. The molecule has 3 fully saturated rings. The van der Waals surface area contributed by atoms with Gasteiger partial charge in [0.2, 0.25) is 0 Å². The number of aliphatic carboxylic acids is 1. The van der Waals surface area contributed by atoms with Crippen LogP contribution in [-0.4, -0.2) is 64.1 Å². The number of carboxylic acid groups (broad SMARTS) is 1. The highest BCUT2D eigenvalue weighted by Gasteiger charge is 2.37. The largest absolute Gasteiger partial charge is 0.481 e. The van der Waals surface area contributed by atoms with Crippen LogP contribution in [-0.2, 0) is 11.3 Å². The van der Waals surface area contributed by atoms with E-state index in [9.17, 15) is 24.8 Å². The quantitative estimate of drug-likeness (QED) is 0.157. The number of piperidine rings is 1. The second-order valence-electron chi connectivity index (χ2n) is 12.6. The van der Waals surface area contributed by atoms with Crippen molar-refractivity contribution in [1.29, 1.82) is 0 Å². The summed E-state index contributed by atoms with van der Waals surface area (Å²) in [5.41, 5.74) is 0.842. The van der Waals surface area contributed by atoms with E-state index in [-0.39, 0.29) is 23.7 Å². The van der Waals surface area contributed by atoms with Crippen LogP contribution in [0.4, 0.5) is 10.5 Å². The van der Waals surface area contributed by atoms with E-state index in [4.69, 9.17) is 0 Å². The Balaban J connectivity index is 0.000000657. The fraction of sp³-hybridized carbons (Fsp3) is 0.543. The number of benzene rings is 2. The molecule has 0 spiro atoms. The molecule has 0 radical (unpaired) electrons. The third kappa shape index (κ3) is 10.5. The third-order valence-corrected chi connectivity index (χ3v) is 9.35. The number of carboxylic acids is 1. The Kier molecular flexibility index (Phi) is 12.8. The highest BCUT2D eigenvalue weighted by molar-refractivity contribution is 5.74. The summed E-state index contributed by atoms with van der Waals surface area (Å²) in [5.74, 6) is 0.735. The number of rotatable bonds is 12. The van der Waals surface area contributed by atoms with Crippen LogP contribution >= 0.6 is 0 Å². The standard InChI is InChI=1S/C29H42N4O5.C6H6/c1-2-14-32(29(36)30-19-22-8-10-26(11-9-22)33(37)38)25-12-15-31(16-13-25)20-23-4-3-5-24(17-23)27(28(34)35)18-21-6-7-21;1-2-4-6-5-3-1/h2,8-11,21,23-25,27H,1,3-7,12-20H2,(H,30,36)(H,34,35);1-6H/t23-,24?,27?;/m1./s1. The average Bonchev–Trinajstić information content (AvgIpc) is 3.88. The minimum Gasteiger partial charge on any atom is -0.481 e. The van der Waals surface area contributed by atoms with E-state index in [1.54, 1.807) is 18.2 Å². The van der Waals surface area contributed by atoms with Gasteiger partial charge in [0.15, 0.2) is 0 Å². The molecule has 2 saturated carbocycles. The minimum atomic E-state index is -0.600. The van der Waals surface area contributed by atoms with Crippen LogP contribution in [0.15, 0.2) is 73.3 Å². The Morgan fingerprint density at radius 1 is 1.00 bits per heavy atom. The highest BCUT2D eigenvalue weighted by Crippen LogP contribution is 2.42. The van der Waals surface area contributed by atoms with Crippen LogP contribution in [0.5, 0.6) is 0 Å². The van der Waals surface area contributed by atoms with Gasteiger partial charge in [0.05, 0.1) is 10.8 Å². The van der Waals surface area contributed by atoms with Gasteiger partial charge >= 0.3 is 12.0 Å². The van der Waals surface area contributed by atoms with Gasteiger partial charge in [-0.3, -0.25) is 14.9 Å². The molecule has 2 amide bonds. The van der Waals surface area contributed by atoms with E-state index in [1.165, 1.54) is 31.4 Å². The van der Waals surface area contributed by atoms with Crippen molar-refractivity contribution in [2.24, 2.45) is 23.7 Å². The maximum absolute atomic E-state index is 13.0. The van der Waals surface area contributed by atoms with Crippen molar-refractivity contribution in [2.45, 2.75) is 70.4 Å². The van der Waals surface area contributed by atoms with Crippen LogP contribution in [0.3, 0.4) is 0 Å². The molecule has 1 saturated heterocycles. The predicted molar refractivity (Wildman–Crippen MR) is 172 cm³/mol. The number of amides is 2. The number of carbonyl (C=O) groups is 2. The van der Waals surface area contributed by atoms with Crippen molar-refractivity contribution in [1.82, 2.24) is 15.1 Å². The number of nitro benzene ring substituents is 1. The lowest BCUT2D eigenvalue weighted by Gasteiger charge is -2.41. The molecule has 1 aliphatic heterocycles. The van der Waals surface area contributed by atoms with Crippen LogP contribution in [0, 0.1) is 33.8 Å². The Morgan fingerprint density at radius 2 is 1.64 bits per heavy atom. The first-order valence-electron chi connectivity index (χ1n) is 16.2. The van der Waals surface area contributed by atoms with Crippen LogP contribution in [0.25, 0.3) is 0 Å². The molecule has 0 aromatic heterocycles. The second kappa shape index (κ2) is 16.9. The molecule has 44 heavy (non-hydrogen) atoms. The number of nitro groups is 1. The lowest BCUT2D eigenvalue weighted by Crippen LogP contribution is -2.51. The zero-order valence-corrected chi connectivity index (χ0v) is 25.8. The molecular formula is C35H48N4O5.